The van der Waals surface area contributed by atoms with Crippen molar-refractivity contribution < 1.29 is 37.0 Å². The number of rotatable bonds is 14. The van der Waals surface area contributed by atoms with E-state index in [2.05, 4.69) is 41.0 Å². The molecule has 378 valence electrons. The van der Waals surface area contributed by atoms with Gasteiger partial charge in [0.2, 0.25) is 11.8 Å². The van der Waals surface area contributed by atoms with E-state index in [1.54, 1.807) is 66.8 Å². The minimum atomic E-state index is -3.84. The predicted octanol–water partition coefficient (Wildman–Crippen LogP) is 6.50. The number of nitrogens with one attached hydrogen (secondary N) is 4. The molecule has 3 aliphatic heterocycles. The van der Waals surface area contributed by atoms with Crippen LogP contribution in [0.25, 0.3) is 10.9 Å². The predicted molar refractivity (Wildman–Crippen MR) is 264 cm³/mol. The second-order valence-corrected chi connectivity index (χ2v) is 23.9. The molecule has 19 nitrogen and oxygen atoms in total. The molecule has 0 radical (unpaired) electrons. The number of carbonyl (C=O) groups is 3. The van der Waals surface area contributed by atoms with Crippen LogP contribution < -0.4 is 20.7 Å². The van der Waals surface area contributed by atoms with Gasteiger partial charge in [-0.3, -0.25) is 24.5 Å². The second kappa shape index (κ2) is 20.8. The average molecular weight is 976 g/mol. The highest BCUT2D eigenvalue weighted by molar-refractivity contribution is 7.92. The van der Waals surface area contributed by atoms with E-state index in [9.17, 15) is 22.8 Å². The Bertz CT molecular complexity index is 2520. The standard InChI is InChI=1S/C49H73N11O8S/c1-29-21-35(26-60(29)45(62)41(34-15-13-12-14-16-34)54-44(61)32(4)58(11)47(63)68-48(5,6)7)67-36-24-50-46(51-25-36)59-19-17-33(18-20-59)27-66-39-23-38-37(22-40(39)69(64,65)49(8,9)10)43(53-28-52-38)55-42-30(2)31(3)56-57-42/h22-25,28-29,32-35,41,46,50H,12-21,26-27H2,1-11H3,(H,54,61)(H2,52,53,55,56,57)/t29-,32+,35+,41?,46?/m1/s1. The van der Waals surface area contributed by atoms with Gasteiger partial charge in [-0.2, -0.15) is 5.10 Å². The minimum Gasteiger partial charge on any atom is -0.492 e. The van der Waals surface area contributed by atoms with E-state index in [-0.39, 0.29) is 46.8 Å². The SMILES string of the molecule is Cc1[nH]nc(Nc2ncnc3cc(OCC4CCN(C5N=CC(O[C@H]6C[C@@H](C)N(C(=O)C(NC(=O)[C@H](C)N(C)C(=O)OC(C)(C)C)C7CCCCC7)C6)=CN5)CC4)c(S(=O)(=O)C(C)(C)C)cc23)c1C. The third-order valence-electron chi connectivity index (χ3n) is 13.9. The number of aromatic amines is 1. The van der Waals surface area contributed by atoms with E-state index in [4.69, 9.17) is 19.2 Å². The normalized spacial score (nSPS) is 21.8. The fraction of sp³-hybridized carbons (Fsp3) is 0.653. The number of aryl methyl sites for hydroxylation is 1. The van der Waals surface area contributed by atoms with Crippen molar-refractivity contribution in [1.82, 2.24) is 45.5 Å². The Labute approximate surface area is 406 Å². The maximum Gasteiger partial charge on any atom is 0.410 e. The Morgan fingerprint density at radius 3 is 2.32 bits per heavy atom. The fourth-order valence-corrected chi connectivity index (χ4v) is 10.6. The topological polar surface area (TPSA) is 226 Å². The Kier molecular flexibility index (Phi) is 15.5. The Hall–Kier alpha value is -5.50. The van der Waals surface area contributed by atoms with E-state index in [0.29, 0.717) is 47.9 Å². The molecule has 1 aromatic carbocycles. The Balaban J connectivity index is 0.924. The molecular weight excluding hydrogens is 903 g/mol. The number of benzene rings is 1. The van der Waals surface area contributed by atoms with Gasteiger partial charge in [-0.15, -0.1) is 0 Å². The molecule has 0 bridgehead atoms. The van der Waals surface area contributed by atoms with Crippen LogP contribution in [0.4, 0.5) is 16.4 Å². The summed E-state index contributed by atoms with van der Waals surface area (Å²) in [5.41, 5.74) is 1.67. The second-order valence-electron chi connectivity index (χ2n) is 21.2. The number of nitrogens with zero attached hydrogens (tertiary/aromatic N) is 7. The number of carbonyl (C=O) groups excluding carboxylic acids is 3. The number of anilines is 2. The molecule has 0 spiro atoms. The highest BCUT2D eigenvalue weighted by Gasteiger charge is 2.42. The molecule has 2 unspecified atom stereocenters. The van der Waals surface area contributed by atoms with Gasteiger partial charge in [-0.25, -0.2) is 28.2 Å². The van der Waals surface area contributed by atoms with Crippen LogP contribution >= 0.6 is 0 Å². The monoisotopic (exact) mass is 976 g/mol. The number of hydrogen-bond donors (Lipinski definition) is 4. The number of amides is 3. The molecule has 3 aromatic rings. The number of likely N-dealkylation sites (N-methyl/N-ethyl adjacent to an activating group) is 1. The van der Waals surface area contributed by atoms with Crippen molar-refractivity contribution in [3.8, 4) is 5.75 Å². The van der Waals surface area contributed by atoms with Crippen molar-refractivity contribution in [2.75, 3.05) is 38.6 Å². The molecule has 5 heterocycles. The summed E-state index contributed by atoms with van der Waals surface area (Å²) < 4.78 is 45.3. The third-order valence-corrected chi connectivity index (χ3v) is 16.4. The smallest absolute Gasteiger partial charge is 0.410 e. The molecular formula is C49H73N11O8S. The molecule has 7 rings (SSSR count). The molecule has 20 heteroatoms. The highest BCUT2D eigenvalue weighted by Crippen LogP contribution is 2.38. The van der Waals surface area contributed by atoms with Crippen LogP contribution in [0, 0.1) is 25.7 Å². The zero-order chi connectivity index (χ0) is 50.0. The lowest BCUT2D eigenvalue weighted by atomic mass is 9.83. The van der Waals surface area contributed by atoms with E-state index in [0.717, 1.165) is 69.3 Å². The van der Waals surface area contributed by atoms with Crippen LogP contribution in [0.3, 0.4) is 0 Å². The van der Waals surface area contributed by atoms with Gasteiger partial charge in [0.1, 0.15) is 46.6 Å². The number of piperidine rings is 1. The zero-order valence-corrected chi connectivity index (χ0v) is 43.0. The largest absolute Gasteiger partial charge is 0.492 e. The Morgan fingerprint density at radius 1 is 0.986 bits per heavy atom. The van der Waals surface area contributed by atoms with Crippen LogP contribution in [0.2, 0.25) is 0 Å². The summed E-state index contributed by atoms with van der Waals surface area (Å²) in [6, 6.07) is 1.64. The van der Waals surface area contributed by atoms with E-state index < -0.39 is 44.3 Å². The number of aliphatic imine (C=N–C) groups is 1. The number of ether oxygens (including phenoxy) is 3. The summed E-state index contributed by atoms with van der Waals surface area (Å²) in [5, 5.41) is 17.5. The van der Waals surface area contributed by atoms with E-state index >= 15 is 0 Å². The fourth-order valence-electron chi connectivity index (χ4n) is 9.29. The van der Waals surface area contributed by atoms with Crippen molar-refractivity contribution in [2.24, 2.45) is 16.8 Å². The van der Waals surface area contributed by atoms with Crippen LogP contribution in [0.1, 0.15) is 118 Å². The van der Waals surface area contributed by atoms with Gasteiger partial charge in [0, 0.05) is 61.5 Å². The number of fused-ring (bicyclic) bond motifs is 1. The number of H-pyrrole nitrogens is 1. The Morgan fingerprint density at radius 2 is 1.70 bits per heavy atom. The summed E-state index contributed by atoms with van der Waals surface area (Å²) in [4.78, 5) is 59.9. The first-order valence-corrected chi connectivity index (χ1v) is 25.9. The van der Waals surface area contributed by atoms with Crippen molar-refractivity contribution in [2.45, 2.75) is 166 Å². The maximum atomic E-state index is 14.4. The van der Waals surface area contributed by atoms with E-state index in [1.165, 1.54) is 18.3 Å². The number of hydrogen-bond acceptors (Lipinski definition) is 15. The van der Waals surface area contributed by atoms with Crippen molar-refractivity contribution >= 4 is 56.5 Å². The summed E-state index contributed by atoms with van der Waals surface area (Å²) in [7, 11) is -2.30. The summed E-state index contributed by atoms with van der Waals surface area (Å²) in [5.74, 6) is 1.54. The van der Waals surface area contributed by atoms with Crippen molar-refractivity contribution in [3.63, 3.8) is 0 Å². The van der Waals surface area contributed by atoms with Gasteiger partial charge < -0.3 is 35.1 Å². The lowest BCUT2D eigenvalue weighted by Crippen LogP contribution is -2.57. The zero-order valence-electron chi connectivity index (χ0n) is 42.2. The van der Waals surface area contributed by atoms with E-state index in [1.807, 2.05) is 31.9 Å². The molecule has 3 fully saturated rings. The van der Waals surface area contributed by atoms with Gasteiger partial charge in [0.05, 0.1) is 29.6 Å². The number of likely N-dealkylation sites (tertiary alicyclic amines) is 2. The summed E-state index contributed by atoms with van der Waals surface area (Å²) in [6.45, 7) is 20.1. The number of allylic oxidation sites excluding steroid dienone is 1. The summed E-state index contributed by atoms with van der Waals surface area (Å²) >= 11 is 0. The van der Waals surface area contributed by atoms with Gasteiger partial charge >= 0.3 is 6.09 Å². The van der Waals surface area contributed by atoms with Gasteiger partial charge in [0.15, 0.2) is 27.7 Å². The molecule has 1 saturated carbocycles. The van der Waals surface area contributed by atoms with Gasteiger partial charge in [-0.05, 0) is 113 Å². The van der Waals surface area contributed by atoms with Crippen molar-refractivity contribution in [3.05, 3.63) is 41.7 Å². The number of aromatic nitrogens is 4. The first kappa shape index (κ1) is 51.4. The average Bonchev–Trinajstić information content (AvgIpc) is 3.84. The number of sulfone groups is 1. The molecule has 2 aromatic heterocycles. The molecule has 69 heavy (non-hydrogen) atoms. The van der Waals surface area contributed by atoms with Crippen LogP contribution in [-0.4, -0.2) is 142 Å². The molecule has 4 aliphatic rings. The third kappa shape index (κ3) is 11.9. The van der Waals surface area contributed by atoms with Crippen LogP contribution in [0.5, 0.6) is 5.75 Å². The van der Waals surface area contributed by atoms with Crippen LogP contribution in [-0.2, 0) is 28.9 Å². The molecule has 3 amide bonds. The molecule has 1 aliphatic carbocycles. The molecule has 5 atom stereocenters. The first-order chi connectivity index (χ1) is 32.5. The van der Waals surface area contributed by atoms with Crippen molar-refractivity contribution in [1.29, 1.82) is 0 Å². The minimum absolute atomic E-state index is 0.00151. The molecule has 2 saturated heterocycles. The lowest BCUT2D eigenvalue weighted by molar-refractivity contribution is -0.140. The quantitative estimate of drug-likeness (QED) is 0.135. The molecule has 4 N–H and O–H groups in total. The lowest BCUT2D eigenvalue weighted by Gasteiger charge is -2.36. The van der Waals surface area contributed by atoms with Gasteiger partial charge in [-0.1, -0.05) is 19.3 Å². The highest BCUT2D eigenvalue weighted by atomic mass is 32.2. The van der Waals surface area contributed by atoms with Crippen LogP contribution in [0.15, 0.2) is 40.3 Å². The first-order valence-electron chi connectivity index (χ1n) is 24.4. The maximum absolute atomic E-state index is 14.4. The van der Waals surface area contributed by atoms with Gasteiger partial charge in [0.25, 0.3) is 0 Å². The summed E-state index contributed by atoms with van der Waals surface area (Å²) in [6.07, 6.45) is 10.9.